The molecule has 2 aliphatic carbocycles. The molecule has 0 fully saturated rings. The Morgan fingerprint density at radius 1 is 0.706 bits per heavy atom. The third kappa shape index (κ3) is 5.26. The summed E-state index contributed by atoms with van der Waals surface area (Å²) in [4.78, 5) is 0. The van der Waals surface area contributed by atoms with Crippen LogP contribution in [0.15, 0.2) is 127 Å². The average molecular weight is 517 g/mol. The Morgan fingerprint density at radius 2 is 1.29 bits per heavy atom. The molecular weight excluding hydrogens is 488 g/mol. The Hall–Kier alpha value is -2.89. The van der Waals surface area contributed by atoms with Crippen LogP contribution in [-0.2, 0) is 24.2 Å². The fraction of sp³-hybridized carbons (Fsp3) is 0.0606. The van der Waals surface area contributed by atoms with Crippen LogP contribution in [0, 0.1) is 20.9 Å². The predicted molar refractivity (Wildman–Crippen MR) is 143 cm³/mol. The third-order valence-electron chi connectivity index (χ3n) is 6.03. The van der Waals surface area contributed by atoms with Crippen molar-refractivity contribution < 1.29 is 24.2 Å². The summed E-state index contributed by atoms with van der Waals surface area (Å²) in [5.41, 5.74) is 9.66. The fourth-order valence-corrected chi connectivity index (χ4v) is 5.33. The molecular formula is C33H29Zr-3. The van der Waals surface area contributed by atoms with Gasteiger partial charge in [-0.1, -0.05) is 53.6 Å². The second-order valence-electron chi connectivity index (χ2n) is 8.00. The maximum absolute atomic E-state index is 3.45. The largest absolute Gasteiger partial charge is 0.179 e. The quantitative estimate of drug-likeness (QED) is 0.241. The van der Waals surface area contributed by atoms with Crippen molar-refractivity contribution in [1.82, 2.24) is 0 Å². The first-order valence-electron chi connectivity index (χ1n) is 11.0. The van der Waals surface area contributed by atoms with Crippen LogP contribution in [0.3, 0.4) is 0 Å². The first-order valence-corrected chi connectivity index (χ1v) is 12.2. The number of hydrogen-bond donors (Lipinski definition) is 0. The standard InChI is InChI=1S/C18H13.C13H10.2CH3.Zr/c1-2-8-13(7-1)18-16-11-5-3-9-14(16)15-10-4-6-12-17(15)18;1-3-7-12(8-4-1)11-13-9-5-2-6-10-13;;;/h1-7,9-11,18H,8H2;1-10H;2*1H3;/q-1;;2*-1;. The van der Waals surface area contributed by atoms with Gasteiger partial charge in [0.25, 0.3) is 0 Å². The molecule has 1 heteroatoms. The molecule has 0 radical (unpaired) electrons. The minimum absolute atomic E-state index is 0. The number of benzene rings is 4. The Morgan fingerprint density at radius 3 is 1.91 bits per heavy atom. The first kappa shape index (κ1) is 25.7. The summed E-state index contributed by atoms with van der Waals surface area (Å²) in [6.45, 7) is 0. The zero-order valence-electron chi connectivity index (χ0n) is 19.8. The molecule has 6 rings (SSSR count). The second kappa shape index (κ2) is 12.0. The fourth-order valence-electron chi connectivity index (χ4n) is 4.51. The van der Waals surface area contributed by atoms with Gasteiger partial charge in [0.2, 0.25) is 0 Å². The van der Waals surface area contributed by atoms with Gasteiger partial charge in [0, 0.05) is 5.92 Å². The average Bonchev–Trinajstić information content (AvgIpc) is 3.51. The van der Waals surface area contributed by atoms with E-state index >= 15 is 0 Å². The van der Waals surface area contributed by atoms with E-state index in [4.69, 9.17) is 0 Å². The molecule has 0 spiro atoms. The van der Waals surface area contributed by atoms with Gasteiger partial charge >= 0.3 is 99.2 Å². The van der Waals surface area contributed by atoms with Crippen LogP contribution in [0.25, 0.3) is 11.1 Å². The molecule has 34 heavy (non-hydrogen) atoms. The van der Waals surface area contributed by atoms with Gasteiger partial charge in [-0.05, 0) is 12.0 Å². The summed E-state index contributed by atoms with van der Waals surface area (Å²) in [5.74, 6) is 0.410. The number of hydrogen-bond acceptors (Lipinski definition) is 0. The van der Waals surface area contributed by atoms with Crippen molar-refractivity contribution in [1.29, 1.82) is 0 Å². The van der Waals surface area contributed by atoms with E-state index in [1.54, 1.807) is 0 Å². The van der Waals surface area contributed by atoms with Gasteiger partial charge in [0.15, 0.2) is 0 Å². The van der Waals surface area contributed by atoms with Crippen molar-refractivity contribution in [2.75, 3.05) is 0 Å². The topological polar surface area (TPSA) is 0 Å². The Bertz CT molecular complexity index is 1210. The van der Waals surface area contributed by atoms with Crippen molar-refractivity contribution in [3.63, 3.8) is 0 Å². The Labute approximate surface area is 220 Å². The molecule has 0 aliphatic heterocycles. The van der Waals surface area contributed by atoms with Gasteiger partial charge in [-0.3, -0.25) is 0 Å². The van der Waals surface area contributed by atoms with Crippen LogP contribution >= 0.6 is 0 Å². The predicted octanol–water partition coefficient (Wildman–Crippen LogP) is 8.19. The van der Waals surface area contributed by atoms with Gasteiger partial charge < -0.3 is 14.9 Å². The van der Waals surface area contributed by atoms with Gasteiger partial charge in [0.05, 0.1) is 0 Å². The Balaban J connectivity index is 0.000000186. The van der Waals surface area contributed by atoms with Crippen LogP contribution < -0.4 is 0 Å². The van der Waals surface area contributed by atoms with Crippen molar-refractivity contribution in [2.24, 2.45) is 0 Å². The summed E-state index contributed by atoms with van der Waals surface area (Å²) < 4.78 is 1.42. The summed E-state index contributed by atoms with van der Waals surface area (Å²) in [5, 5.41) is 0. The molecule has 0 nitrogen and oxygen atoms in total. The van der Waals surface area contributed by atoms with E-state index in [9.17, 15) is 0 Å². The SMILES string of the molecule is [CH3-].[CH3-].[Zr]=[C](c1ccccc1)c1ccccc1.[c-]1cccc2c1C(C1=CC=CC1)c1ccccc1-2. The second-order valence-corrected chi connectivity index (χ2v) is 9.23. The summed E-state index contributed by atoms with van der Waals surface area (Å²) in [6, 6.07) is 39.6. The molecule has 0 N–H and O–H groups in total. The van der Waals surface area contributed by atoms with E-state index in [1.165, 1.54) is 66.4 Å². The molecule has 1 atom stereocenters. The van der Waals surface area contributed by atoms with Gasteiger partial charge in [-0.15, -0.1) is 11.1 Å². The molecule has 0 amide bonds. The van der Waals surface area contributed by atoms with E-state index in [0.717, 1.165) is 6.42 Å². The van der Waals surface area contributed by atoms with E-state index in [-0.39, 0.29) is 14.9 Å². The van der Waals surface area contributed by atoms with Crippen molar-refractivity contribution >= 4 is 3.21 Å². The normalized spacial score (nSPS) is 14.3. The Kier molecular flexibility index (Phi) is 9.08. The molecule has 0 saturated heterocycles. The van der Waals surface area contributed by atoms with Crippen LogP contribution in [0.4, 0.5) is 0 Å². The smallest absolute Gasteiger partial charge is 0.00806 e. The molecule has 0 heterocycles. The molecule has 0 bridgehead atoms. The minimum Gasteiger partial charge on any atom is -0.179 e. The van der Waals surface area contributed by atoms with Crippen molar-refractivity contribution in [3.05, 3.63) is 170 Å². The molecule has 0 saturated carbocycles. The molecule has 4 aromatic carbocycles. The molecule has 1 unspecified atom stereocenters. The summed E-state index contributed by atoms with van der Waals surface area (Å²) in [7, 11) is 0. The third-order valence-corrected chi connectivity index (χ3v) is 7.45. The number of rotatable bonds is 3. The van der Waals surface area contributed by atoms with E-state index in [1.807, 2.05) is 6.07 Å². The van der Waals surface area contributed by atoms with Crippen molar-refractivity contribution in [3.8, 4) is 11.1 Å². The molecule has 168 valence electrons. The van der Waals surface area contributed by atoms with Crippen LogP contribution in [0.5, 0.6) is 0 Å². The first-order chi connectivity index (χ1) is 15.8. The van der Waals surface area contributed by atoms with E-state index in [2.05, 4.69) is 121 Å². The van der Waals surface area contributed by atoms with Gasteiger partial charge in [0.1, 0.15) is 0 Å². The van der Waals surface area contributed by atoms with Crippen molar-refractivity contribution in [2.45, 2.75) is 12.3 Å². The maximum atomic E-state index is 3.45. The van der Waals surface area contributed by atoms with Crippen LogP contribution in [-0.4, -0.2) is 3.21 Å². The minimum atomic E-state index is 0. The number of fused-ring (bicyclic) bond motifs is 3. The summed E-state index contributed by atoms with van der Waals surface area (Å²) >= 11 is 1.46. The summed E-state index contributed by atoms with van der Waals surface area (Å²) in [6.07, 6.45) is 7.73. The van der Waals surface area contributed by atoms with E-state index in [0.29, 0.717) is 5.92 Å². The van der Waals surface area contributed by atoms with E-state index < -0.39 is 0 Å². The molecule has 0 aromatic heterocycles. The zero-order chi connectivity index (χ0) is 21.8. The molecule has 2 aliphatic rings. The van der Waals surface area contributed by atoms with Gasteiger partial charge in [-0.25, -0.2) is 0 Å². The van der Waals surface area contributed by atoms with Crippen LogP contribution in [0.2, 0.25) is 0 Å². The van der Waals surface area contributed by atoms with Gasteiger partial charge in [-0.2, -0.15) is 24.3 Å². The zero-order valence-corrected chi connectivity index (χ0v) is 22.3. The monoisotopic (exact) mass is 515 g/mol. The maximum Gasteiger partial charge on any atom is 0.00806 e. The van der Waals surface area contributed by atoms with Crippen LogP contribution in [0.1, 0.15) is 34.6 Å². The number of allylic oxidation sites excluding steroid dienone is 4. The molecule has 4 aromatic rings.